The zero-order valence-corrected chi connectivity index (χ0v) is 13.5. The van der Waals surface area contributed by atoms with E-state index in [1.807, 2.05) is 26.0 Å². The summed E-state index contributed by atoms with van der Waals surface area (Å²) in [6.45, 7) is 4.43. The van der Waals surface area contributed by atoms with Gasteiger partial charge in [-0.2, -0.15) is 0 Å². The predicted molar refractivity (Wildman–Crippen MR) is 87.5 cm³/mol. The number of nitrogens with two attached hydrogens (primary N) is 1. The van der Waals surface area contributed by atoms with Crippen molar-refractivity contribution in [3.05, 3.63) is 53.6 Å². The molecule has 22 heavy (non-hydrogen) atoms. The third-order valence-corrected chi connectivity index (χ3v) is 4.53. The summed E-state index contributed by atoms with van der Waals surface area (Å²) in [5, 5.41) is 0. The van der Waals surface area contributed by atoms with Crippen molar-refractivity contribution in [2.24, 2.45) is 0 Å². The van der Waals surface area contributed by atoms with Crippen molar-refractivity contribution in [2.75, 3.05) is 18.9 Å². The number of aryl methyl sites for hydroxylation is 2. The van der Waals surface area contributed by atoms with Crippen LogP contribution in [0, 0.1) is 13.8 Å². The van der Waals surface area contributed by atoms with Crippen molar-refractivity contribution >= 4 is 15.7 Å². The summed E-state index contributed by atoms with van der Waals surface area (Å²) in [6.07, 6.45) is 0. The molecule has 0 radical (unpaired) electrons. The molecule has 2 aromatic carbocycles. The number of nitrogens with one attached hydrogen (secondary N) is 1. The van der Waals surface area contributed by atoms with Crippen LogP contribution in [-0.4, -0.2) is 21.6 Å². The number of benzene rings is 2. The smallest absolute Gasteiger partial charge is 0.240 e. The quantitative estimate of drug-likeness (QED) is 0.632. The molecule has 118 valence electrons. The van der Waals surface area contributed by atoms with Gasteiger partial charge in [-0.25, -0.2) is 13.1 Å². The Morgan fingerprint density at radius 1 is 1.05 bits per heavy atom. The molecule has 0 heterocycles. The highest BCUT2D eigenvalue weighted by Gasteiger charge is 2.12. The lowest BCUT2D eigenvalue weighted by Gasteiger charge is -2.10. The van der Waals surface area contributed by atoms with Gasteiger partial charge < -0.3 is 10.5 Å². The van der Waals surface area contributed by atoms with Gasteiger partial charge in [0.1, 0.15) is 12.4 Å². The Kier molecular flexibility index (Phi) is 5.05. The van der Waals surface area contributed by atoms with Gasteiger partial charge in [-0.1, -0.05) is 6.07 Å². The summed E-state index contributed by atoms with van der Waals surface area (Å²) < 4.78 is 32.2. The second-order valence-electron chi connectivity index (χ2n) is 5.14. The summed E-state index contributed by atoms with van der Waals surface area (Å²) in [4.78, 5) is 0.188. The molecule has 0 aliphatic carbocycles. The van der Waals surface area contributed by atoms with Crippen LogP contribution < -0.4 is 15.2 Å². The lowest BCUT2D eigenvalue weighted by molar-refractivity contribution is 0.322. The van der Waals surface area contributed by atoms with Crippen LogP contribution in [0.5, 0.6) is 5.75 Å². The summed E-state index contributed by atoms with van der Waals surface area (Å²) in [6, 6.07) is 12.0. The standard InChI is InChI=1S/C16H20N2O3S/c1-12-9-13(2)11-15(10-12)21-8-7-18-22(19,20)16-5-3-14(17)4-6-16/h3-6,9-11,18H,7-8,17H2,1-2H3. The molecule has 2 rings (SSSR count). The van der Waals surface area contributed by atoms with E-state index in [9.17, 15) is 8.42 Å². The van der Waals surface area contributed by atoms with Crippen molar-refractivity contribution < 1.29 is 13.2 Å². The van der Waals surface area contributed by atoms with E-state index in [2.05, 4.69) is 10.8 Å². The highest BCUT2D eigenvalue weighted by atomic mass is 32.2. The van der Waals surface area contributed by atoms with Crippen molar-refractivity contribution in [3.63, 3.8) is 0 Å². The Hall–Kier alpha value is -2.05. The topological polar surface area (TPSA) is 81.4 Å². The Morgan fingerprint density at radius 3 is 2.23 bits per heavy atom. The second-order valence-corrected chi connectivity index (χ2v) is 6.91. The molecule has 0 aliphatic rings. The molecule has 0 unspecified atom stereocenters. The molecular weight excluding hydrogens is 300 g/mol. The molecule has 0 atom stereocenters. The van der Waals surface area contributed by atoms with Gasteiger partial charge in [0.05, 0.1) is 4.90 Å². The zero-order valence-electron chi connectivity index (χ0n) is 12.7. The van der Waals surface area contributed by atoms with Gasteiger partial charge in [0, 0.05) is 12.2 Å². The molecule has 0 fully saturated rings. The van der Waals surface area contributed by atoms with E-state index in [0.29, 0.717) is 5.69 Å². The van der Waals surface area contributed by atoms with Crippen LogP contribution in [0.4, 0.5) is 5.69 Å². The minimum Gasteiger partial charge on any atom is -0.492 e. The van der Waals surface area contributed by atoms with Gasteiger partial charge >= 0.3 is 0 Å². The van der Waals surface area contributed by atoms with Crippen LogP contribution in [-0.2, 0) is 10.0 Å². The van der Waals surface area contributed by atoms with Crippen molar-refractivity contribution in [1.29, 1.82) is 0 Å². The highest BCUT2D eigenvalue weighted by Crippen LogP contribution is 2.16. The molecule has 0 aliphatic heterocycles. The molecule has 0 saturated carbocycles. The molecule has 2 aromatic rings. The first kappa shape index (κ1) is 16.3. The van der Waals surface area contributed by atoms with Crippen LogP contribution >= 0.6 is 0 Å². The Labute approximate surface area is 131 Å². The maximum absolute atomic E-state index is 12.1. The minimum atomic E-state index is -3.53. The fourth-order valence-corrected chi connectivity index (χ4v) is 3.10. The van der Waals surface area contributed by atoms with E-state index in [1.54, 1.807) is 12.1 Å². The molecule has 0 amide bonds. The number of nitrogen functional groups attached to an aromatic ring is 1. The van der Waals surface area contributed by atoms with Gasteiger partial charge in [-0.3, -0.25) is 0 Å². The van der Waals surface area contributed by atoms with E-state index in [4.69, 9.17) is 10.5 Å². The van der Waals surface area contributed by atoms with Gasteiger partial charge in [0.2, 0.25) is 10.0 Å². The fraction of sp³-hybridized carbons (Fsp3) is 0.250. The lowest BCUT2D eigenvalue weighted by atomic mass is 10.1. The van der Waals surface area contributed by atoms with Crippen LogP contribution in [0.1, 0.15) is 11.1 Å². The van der Waals surface area contributed by atoms with Crippen molar-refractivity contribution in [1.82, 2.24) is 4.72 Å². The van der Waals surface area contributed by atoms with E-state index in [0.717, 1.165) is 16.9 Å². The Bertz CT molecular complexity index is 720. The van der Waals surface area contributed by atoms with Gasteiger partial charge in [-0.05, 0) is 61.4 Å². The van der Waals surface area contributed by atoms with Gasteiger partial charge in [-0.15, -0.1) is 0 Å². The first-order chi connectivity index (χ1) is 10.4. The minimum absolute atomic E-state index is 0.188. The lowest BCUT2D eigenvalue weighted by Crippen LogP contribution is -2.28. The molecule has 6 heteroatoms. The first-order valence-electron chi connectivity index (χ1n) is 6.93. The maximum atomic E-state index is 12.1. The van der Waals surface area contributed by atoms with E-state index < -0.39 is 10.0 Å². The van der Waals surface area contributed by atoms with Crippen molar-refractivity contribution in [2.45, 2.75) is 18.7 Å². The van der Waals surface area contributed by atoms with E-state index in [1.165, 1.54) is 12.1 Å². The first-order valence-corrected chi connectivity index (χ1v) is 8.41. The number of hydrogen-bond donors (Lipinski definition) is 2. The molecule has 3 N–H and O–H groups in total. The van der Waals surface area contributed by atoms with Crippen LogP contribution in [0.3, 0.4) is 0 Å². The number of anilines is 1. The molecule has 0 aromatic heterocycles. The molecule has 0 spiro atoms. The van der Waals surface area contributed by atoms with E-state index in [-0.39, 0.29) is 18.0 Å². The average molecular weight is 320 g/mol. The molecule has 0 bridgehead atoms. The average Bonchev–Trinajstić information content (AvgIpc) is 2.43. The zero-order chi connectivity index (χ0) is 16.2. The number of ether oxygens (including phenoxy) is 1. The van der Waals surface area contributed by atoms with E-state index >= 15 is 0 Å². The highest BCUT2D eigenvalue weighted by molar-refractivity contribution is 7.89. The van der Waals surface area contributed by atoms with Gasteiger partial charge in [0.25, 0.3) is 0 Å². The summed E-state index contributed by atoms with van der Waals surface area (Å²) >= 11 is 0. The third kappa shape index (κ3) is 4.47. The molecule has 0 saturated heterocycles. The second kappa shape index (κ2) is 6.81. The molecular formula is C16H20N2O3S. The monoisotopic (exact) mass is 320 g/mol. The summed E-state index contributed by atoms with van der Waals surface area (Å²) in [5.74, 6) is 0.740. The number of rotatable bonds is 6. The Balaban J connectivity index is 1.89. The maximum Gasteiger partial charge on any atom is 0.240 e. The predicted octanol–water partition coefficient (Wildman–Crippen LogP) is 2.24. The fourth-order valence-electron chi connectivity index (χ4n) is 2.09. The van der Waals surface area contributed by atoms with Crippen LogP contribution in [0.15, 0.2) is 47.4 Å². The van der Waals surface area contributed by atoms with Gasteiger partial charge in [0.15, 0.2) is 0 Å². The molecule has 5 nitrogen and oxygen atoms in total. The number of sulfonamides is 1. The Morgan fingerprint density at radius 2 is 1.64 bits per heavy atom. The summed E-state index contributed by atoms with van der Waals surface area (Å²) in [7, 11) is -3.53. The van der Waals surface area contributed by atoms with Crippen molar-refractivity contribution in [3.8, 4) is 5.75 Å². The summed E-state index contributed by atoms with van der Waals surface area (Å²) in [5.41, 5.74) is 8.29. The number of hydrogen-bond acceptors (Lipinski definition) is 4. The SMILES string of the molecule is Cc1cc(C)cc(OCCNS(=O)(=O)c2ccc(N)cc2)c1. The normalized spacial score (nSPS) is 11.4. The van der Waals surface area contributed by atoms with Crippen LogP contribution in [0.25, 0.3) is 0 Å². The third-order valence-electron chi connectivity index (χ3n) is 3.05. The largest absolute Gasteiger partial charge is 0.492 e. The van der Waals surface area contributed by atoms with Crippen LogP contribution in [0.2, 0.25) is 0 Å².